The highest BCUT2D eigenvalue weighted by Gasteiger charge is 2.26. The van der Waals surface area contributed by atoms with Crippen molar-refractivity contribution in [3.63, 3.8) is 0 Å². The lowest BCUT2D eigenvalue weighted by molar-refractivity contribution is -0.130. The molecular weight excluding hydrogens is 457 g/mol. The number of fused-ring (bicyclic) bond motifs is 1. The van der Waals surface area contributed by atoms with Gasteiger partial charge in [-0.05, 0) is 32.0 Å². The summed E-state index contributed by atoms with van der Waals surface area (Å²) < 4.78 is 56.0. The van der Waals surface area contributed by atoms with E-state index in [1.807, 2.05) is 5.32 Å². The summed E-state index contributed by atoms with van der Waals surface area (Å²) in [6.45, 7) is 2.94. The second-order valence-corrected chi connectivity index (χ2v) is 7.08. The molecule has 8 nitrogen and oxygen atoms in total. The van der Waals surface area contributed by atoms with E-state index in [0.717, 1.165) is 6.07 Å². The number of rotatable bonds is 9. The van der Waals surface area contributed by atoms with E-state index in [4.69, 9.17) is 13.9 Å². The van der Waals surface area contributed by atoms with Crippen molar-refractivity contribution in [2.24, 2.45) is 0 Å². The number of carbonyl (C=O) groups is 3. The summed E-state index contributed by atoms with van der Waals surface area (Å²) in [5, 5.41) is 4.88. The number of carbonyl (C=O) groups excluding carboxylic acids is 3. The molecule has 0 fully saturated rings. The standard InChI is InChI=1S/C23H21F3N2O6/c1-3-32-11-14-13-6-4-5-7-17(13)34-21(14)23(31)33-12(2)22(30)27-10-18(29)28-16-9-8-15(24)19(25)20(16)26/h4-9,12H,3,10-11H2,1-2H3,(H,27,30)(H,28,29). The third-order valence-corrected chi connectivity index (χ3v) is 4.72. The first-order chi connectivity index (χ1) is 16.2. The zero-order valence-electron chi connectivity index (χ0n) is 18.2. The molecule has 2 aromatic carbocycles. The Morgan fingerprint density at radius 2 is 1.79 bits per heavy atom. The highest BCUT2D eigenvalue weighted by Crippen LogP contribution is 2.27. The molecular formula is C23H21F3N2O6. The first-order valence-corrected chi connectivity index (χ1v) is 10.2. The van der Waals surface area contributed by atoms with Crippen molar-refractivity contribution in [3.8, 4) is 0 Å². The molecule has 0 saturated carbocycles. The van der Waals surface area contributed by atoms with Gasteiger partial charge in [-0.2, -0.15) is 0 Å². The van der Waals surface area contributed by atoms with Crippen molar-refractivity contribution in [1.82, 2.24) is 5.32 Å². The Kier molecular flexibility index (Phi) is 7.90. The normalized spacial score (nSPS) is 11.8. The molecule has 2 amide bonds. The third-order valence-electron chi connectivity index (χ3n) is 4.72. The maximum atomic E-state index is 13.6. The van der Waals surface area contributed by atoms with Crippen molar-refractivity contribution < 1.29 is 41.4 Å². The number of para-hydroxylation sites is 1. The van der Waals surface area contributed by atoms with Crippen LogP contribution in [0.2, 0.25) is 0 Å². The first-order valence-electron chi connectivity index (χ1n) is 10.2. The van der Waals surface area contributed by atoms with Gasteiger partial charge < -0.3 is 24.5 Å². The van der Waals surface area contributed by atoms with E-state index in [2.05, 4.69) is 5.32 Å². The Bertz CT molecular complexity index is 1230. The van der Waals surface area contributed by atoms with Crippen molar-refractivity contribution in [3.05, 3.63) is 65.2 Å². The van der Waals surface area contributed by atoms with Gasteiger partial charge in [-0.3, -0.25) is 9.59 Å². The molecule has 0 aliphatic carbocycles. The lowest BCUT2D eigenvalue weighted by atomic mass is 10.1. The Hall–Kier alpha value is -3.86. The van der Waals surface area contributed by atoms with E-state index >= 15 is 0 Å². The molecule has 0 saturated heterocycles. The average molecular weight is 478 g/mol. The van der Waals surface area contributed by atoms with Gasteiger partial charge in [0.15, 0.2) is 23.6 Å². The zero-order chi connectivity index (χ0) is 24.8. The van der Waals surface area contributed by atoms with Gasteiger partial charge in [-0.1, -0.05) is 18.2 Å². The van der Waals surface area contributed by atoms with Crippen LogP contribution in [0.5, 0.6) is 0 Å². The van der Waals surface area contributed by atoms with E-state index in [1.54, 1.807) is 31.2 Å². The molecule has 0 bridgehead atoms. The van der Waals surface area contributed by atoms with Crippen LogP contribution in [0.3, 0.4) is 0 Å². The van der Waals surface area contributed by atoms with Gasteiger partial charge in [0.1, 0.15) is 5.58 Å². The molecule has 1 atom stereocenters. The lowest BCUT2D eigenvalue weighted by Crippen LogP contribution is -2.40. The van der Waals surface area contributed by atoms with Crippen LogP contribution in [-0.2, 0) is 25.7 Å². The molecule has 180 valence electrons. The summed E-state index contributed by atoms with van der Waals surface area (Å²) in [6.07, 6.45) is -1.31. The molecule has 11 heteroatoms. The Morgan fingerprint density at radius 3 is 2.53 bits per heavy atom. The maximum Gasteiger partial charge on any atom is 0.375 e. The van der Waals surface area contributed by atoms with Crippen LogP contribution < -0.4 is 10.6 Å². The molecule has 1 unspecified atom stereocenters. The van der Waals surface area contributed by atoms with Crippen molar-refractivity contribution in [2.45, 2.75) is 26.6 Å². The van der Waals surface area contributed by atoms with Crippen LogP contribution in [0, 0.1) is 17.5 Å². The van der Waals surface area contributed by atoms with E-state index < -0.39 is 53.6 Å². The third kappa shape index (κ3) is 5.54. The number of halogens is 3. The topological polar surface area (TPSA) is 107 Å². The first kappa shape index (κ1) is 24.8. The van der Waals surface area contributed by atoms with Crippen LogP contribution in [0.1, 0.15) is 30.0 Å². The molecule has 1 aromatic heterocycles. The molecule has 0 aliphatic heterocycles. The molecule has 3 rings (SSSR count). The molecule has 2 N–H and O–H groups in total. The molecule has 0 spiro atoms. The number of hydrogen-bond donors (Lipinski definition) is 2. The smallest absolute Gasteiger partial charge is 0.375 e. The van der Waals surface area contributed by atoms with E-state index in [0.29, 0.717) is 29.2 Å². The fraction of sp³-hybridized carbons (Fsp3) is 0.261. The fourth-order valence-electron chi connectivity index (χ4n) is 3.01. The van der Waals surface area contributed by atoms with Gasteiger partial charge in [0.05, 0.1) is 18.8 Å². The summed E-state index contributed by atoms with van der Waals surface area (Å²) >= 11 is 0. The van der Waals surface area contributed by atoms with Crippen molar-refractivity contribution in [2.75, 3.05) is 18.5 Å². The summed E-state index contributed by atoms with van der Waals surface area (Å²) in [6, 6.07) is 8.42. The minimum absolute atomic E-state index is 0.0965. The predicted octanol–water partition coefficient (Wildman–Crippen LogP) is 3.69. The molecule has 0 radical (unpaired) electrons. The minimum atomic E-state index is -1.74. The van der Waals surface area contributed by atoms with Crippen molar-refractivity contribution >= 4 is 34.4 Å². The van der Waals surface area contributed by atoms with E-state index in [9.17, 15) is 27.6 Å². The van der Waals surface area contributed by atoms with Crippen LogP contribution in [0.15, 0.2) is 40.8 Å². The lowest BCUT2D eigenvalue weighted by Gasteiger charge is -2.13. The summed E-state index contributed by atoms with van der Waals surface area (Å²) in [5.74, 6) is -7.46. The quantitative estimate of drug-likeness (QED) is 0.359. The zero-order valence-corrected chi connectivity index (χ0v) is 18.2. The number of hydrogen-bond acceptors (Lipinski definition) is 6. The van der Waals surface area contributed by atoms with E-state index in [1.165, 1.54) is 6.92 Å². The average Bonchev–Trinajstić information content (AvgIpc) is 3.20. The summed E-state index contributed by atoms with van der Waals surface area (Å²) in [5.41, 5.74) is 0.328. The monoisotopic (exact) mass is 478 g/mol. The van der Waals surface area contributed by atoms with Gasteiger partial charge >= 0.3 is 5.97 Å². The predicted molar refractivity (Wildman–Crippen MR) is 114 cm³/mol. The minimum Gasteiger partial charge on any atom is -0.449 e. The van der Waals surface area contributed by atoms with Gasteiger partial charge in [0, 0.05) is 17.6 Å². The van der Waals surface area contributed by atoms with Crippen LogP contribution in [-0.4, -0.2) is 37.0 Å². The summed E-state index contributed by atoms with van der Waals surface area (Å²) in [7, 11) is 0. The number of benzene rings is 2. The number of anilines is 1. The SMILES string of the molecule is CCOCc1c(C(=O)OC(C)C(=O)NCC(=O)Nc2ccc(F)c(F)c2F)oc2ccccc12. The van der Waals surface area contributed by atoms with Crippen molar-refractivity contribution in [1.29, 1.82) is 0 Å². The van der Waals surface area contributed by atoms with Crippen LogP contribution >= 0.6 is 0 Å². The number of ether oxygens (including phenoxy) is 2. The van der Waals surface area contributed by atoms with Gasteiger partial charge in [0.2, 0.25) is 11.7 Å². The summed E-state index contributed by atoms with van der Waals surface area (Å²) in [4.78, 5) is 36.8. The highest BCUT2D eigenvalue weighted by molar-refractivity contribution is 5.98. The van der Waals surface area contributed by atoms with Crippen LogP contribution in [0.25, 0.3) is 11.0 Å². The van der Waals surface area contributed by atoms with Gasteiger partial charge in [-0.25, -0.2) is 18.0 Å². The van der Waals surface area contributed by atoms with Gasteiger partial charge in [-0.15, -0.1) is 0 Å². The number of furan rings is 1. The molecule has 1 heterocycles. The fourth-order valence-corrected chi connectivity index (χ4v) is 3.01. The number of nitrogens with one attached hydrogen (secondary N) is 2. The maximum absolute atomic E-state index is 13.6. The van der Waals surface area contributed by atoms with Gasteiger partial charge in [0.25, 0.3) is 5.91 Å². The Balaban J connectivity index is 1.60. The Labute approximate surface area is 192 Å². The Morgan fingerprint density at radius 1 is 1.06 bits per heavy atom. The van der Waals surface area contributed by atoms with Crippen LogP contribution in [0.4, 0.5) is 18.9 Å². The second kappa shape index (κ2) is 10.8. The largest absolute Gasteiger partial charge is 0.449 e. The van der Waals surface area contributed by atoms with E-state index in [-0.39, 0.29) is 12.4 Å². The molecule has 3 aromatic rings. The molecule has 34 heavy (non-hydrogen) atoms. The number of esters is 1. The highest BCUT2D eigenvalue weighted by atomic mass is 19.2. The molecule has 0 aliphatic rings. The second-order valence-electron chi connectivity index (χ2n) is 7.08. The number of amides is 2.